The average molecular weight is 725 g/mol. The van der Waals surface area contributed by atoms with Gasteiger partial charge >= 0.3 is 0 Å². The van der Waals surface area contributed by atoms with Crippen molar-refractivity contribution in [3.05, 3.63) is 83.3 Å². The Morgan fingerprint density at radius 3 is 2.44 bits per heavy atom. The number of likely N-dealkylation sites (tertiary alicyclic amines) is 1. The number of nitrogens with zero attached hydrogens (tertiary/aromatic N) is 7. The number of hydrogen-bond acceptors (Lipinski definition) is 10. The van der Waals surface area contributed by atoms with Gasteiger partial charge in [0.2, 0.25) is 11.8 Å². The van der Waals surface area contributed by atoms with Crippen molar-refractivity contribution in [2.75, 3.05) is 36.3 Å². The van der Waals surface area contributed by atoms with Gasteiger partial charge in [-0.1, -0.05) is 45.0 Å². The van der Waals surface area contributed by atoms with Gasteiger partial charge in [0.15, 0.2) is 0 Å². The molecule has 4 bridgehead atoms. The number of ether oxygens (including phenoxy) is 1. The minimum atomic E-state index is -4.18. The summed E-state index contributed by atoms with van der Waals surface area (Å²) in [7, 11) is -2.14. The number of aryl methyl sites for hydroxylation is 2. The summed E-state index contributed by atoms with van der Waals surface area (Å²) < 4.78 is 37.0. The van der Waals surface area contributed by atoms with Crippen LogP contribution in [0, 0.1) is 19.3 Å². The maximum Gasteiger partial charge on any atom is 0.264 e. The quantitative estimate of drug-likeness (QED) is 0.247. The highest BCUT2D eigenvalue weighted by Crippen LogP contribution is 2.33. The van der Waals surface area contributed by atoms with Crippen LogP contribution >= 0.6 is 0 Å². The van der Waals surface area contributed by atoms with Gasteiger partial charge in [-0.15, -0.1) is 0 Å². The average Bonchev–Trinajstić information content (AvgIpc) is 3.46. The number of hydrogen-bond donors (Lipinski definition) is 1. The number of nitrogens with one attached hydrogen (secondary N) is 1. The Labute approximate surface area is 306 Å². The molecule has 4 heterocycles. The zero-order chi connectivity index (χ0) is 36.8. The zero-order valence-electron chi connectivity index (χ0n) is 30.8. The van der Waals surface area contributed by atoms with Crippen LogP contribution in [0.3, 0.4) is 0 Å². The first-order chi connectivity index (χ1) is 24.7. The maximum absolute atomic E-state index is 14.7. The highest BCUT2D eigenvalue weighted by Gasteiger charge is 2.42. The lowest BCUT2D eigenvalue weighted by atomic mass is 9.92. The van der Waals surface area contributed by atoms with Gasteiger partial charge in [-0.25, -0.2) is 23.1 Å². The van der Waals surface area contributed by atoms with Crippen molar-refractivity contribution in [3.8, 4) is 17.1 Å². The molecule has 274 valence electrons. The Kier molecular flexibility index (Phi) is 9.68. The Morgan fingerprint density at radius 2 is 1.73 bits per heavy atom. The van der Waals surface area contributed by atoms with Crippen molar-refractivity contribution in [2.24, 2.45) is 5.41 Å². The second-order valence-corrected chi connectivity index (χ2v) is 17.3. The van der Waals surface area contributed by atoms with E-state index in [1.54, 1.807) is 35.5 Å². The topological polar surface area (TPSA) is 134 Å². The first-order valence-corrected chi connectivity index (χ1v) is 19.5. The SMILES string of the molecule is Cc1cccc(C)c1-c1cc2nc(n1)NS(=O)(=O)c1cccc(c1)C(=O)N(Cc1cncc(N(C)C3CCC3)n1)[C@@H]1CN(CCC(C)(C)C)C[C@H]1O2. The van der Waals surface area contributed by atoms with Crippen LogP contribution in [0.4, 0.5) is 11.8 Å². The third kappa shape index (κ3) is 7.61. The number of rotatable bonds is 7. The van der Waals surface area contributed by atoms with Crippen LogP contribution in [0.2, 0.25) is 0 Å². The Bertz CT molecular complexity index is 2060. The predicted molar refractivity (Wildman–Crippen MR) is 201 cm³/mol. The summed E-state index contributed by atoms with van der Waals surface area (Å²) in [6, 6.07) is 13.9. The molecule has 2 atom stereocenters. The van der Waals surface area contributed by atoms with Crippen LogP contribution in [-0.2, 0) is 16.6 Å². The molecule has 1 N–H and O–H groups in total. The van der Waals surface area contributed by atoms with Gasteiger partial charge < -0.3 is 14.5 Å². The van der Waals surface area contributed by atoms with Crippen molar-refractivity contribution in [3.63, 3.8) is 0 Å². The van der Waals surface area contributed by atoms with Crippen LogP contribution < -0.4 is 14.4 Å². The standard InChI is InChI=1S/C39H48N8O4S/c1-25-10-7-11-26(2)36(25)31-19-35-43-38(42-31)44-52(49,50)30-15-8-12-27(18-30)37(48)47(32-23-46(24-33(32)51-35)17-16-39(3,4)5)22-28-20-40-21-34(41-28)45(6)29-13-9-14-29/h7-8,10-12,15,18-21,29,32-33H,9,13-14,16-17,22-24H2,1-6H3,(H,42,43,44)/t32-,33-/m1/s1. The molecule has 52 heavy (non-hydrogen) atoms. The molecule has 2 aliphatic heterocycles. The number of fused-ring (bicyclic) bond motifs is 5. The highest BCUT2D eigenvalue weighted by atomic mass is 32.2. The van der Waals surface area contributed by atoms with Crippen molar-refractivity contribution in [1.82, 2.24) is 29.7 Å². The molecule has 0 unspecified atom stereocenters. The van der Waals surface area contributed by atoms with Gasteiger partial charge in [-0.05, 0) is 80.8 Å². The van der Waals surface area contributed by atoms with Gasteiger partial charge in [-0.3, -0.25) is 14.7 Å². The Hall–Kier alpha value is -4.62. The molecular weight excluding hydrogens is 677 g/mol. The van der Waals surface area contributed by atoms with Gasteiger partial charge in [0.05, 0.1) is 41.3 Å². The number of aromatic nitrogens is 4. The molecule has 1 aliphatic carbocycles. The van der Waals surface area contributed by atoms with E-state index in [1.165, 1.54) is 18.6 Å². The minimum Gasteiger partial charge on any atom is -0.471 e. The van der Waals surface area contributed by atoms with E-state index in [0.717, 1.165) is 48.3 Å². The molecule has 0 spiro atoms. The number of sulfonamides is 1. The molecule has 0 radical (unpaired) electrons. The van der Waals surface area contributed by atoms with Gasteiger partial charge in [0, 0.05) is 43.4 Å². The van der Waals surface area contributed by atoms with Gasteiger partial charge in [0.1, 0.15) is 11.9 Å². The Balaban J connectivity index is 1.34. The second kappa shape index (κ2) is 14.1. The number of benzene rings is 2. The van der Waals surface area contributed by atoms with E-state index in [4.69, 9.17) is 9.72 Å². The molecule has 12 nitrogen and oxygen atoms in total. The van der Waals surface area contributed by atoms with Gasteiger partial charge in [0.25, 0.3) is 15.9 Å². The third-order valence-corrected chi connectivity index (χ3v) is 11.8. The summed E-state index contributed by atoms with van der Waals surface area (Å²) in [4.78, 5) is 39.7. The van der Waals surface area contributed by atoms with Crippen LogP contribution in [0.25, 0.3) is 11.3 Å². The van der Waals surface area contributed by atoms with E-state index in [9.17, 15) is 13.2 Å². The molecule has 2 aromatic carbocycles. The summed E-state index contributed by atoms with van der Waals surface area (Å²) in [6.45, 7) is 12.7. The molecule has 1 amide bonds. The number of carbonyl (C=O) groups is 1. The highest BCUT2D eigenvalue weighted by molar-refractivity contribution is 7.92. The summed E-state index contributed by atoms with van der Waals surface area (Å²) in [5.74, 6) is 0.560. The Morgan fingerprint density at radius 1 is 0.981 bits per heavy atom. The zero-order valence-corrected chi connectivity index (χ0v) is 31.7. The van der Waals surface area contributed by atoms with Crippen molar-refractivity contribution in [2.45, 2.75) is 89.9 Å². The molecular formula is C39H48N8O4S. The summed E-state index contributed by atoms with van der Waals surface area (Å²) in [6.07, 6.45) is 7.36. The van der Waals surface area contributed by atoms with E-state index in [1.807, 2.05) is 39.1 Å². The number of amides is 1. The molecule has 2 aromatic heterocycles. The number of anilines is 2. The third-order valence-electron chi connectivity index (χ3n) is 10.5. The van der Waals surface area contributed by atoms with E-state index >= 15 is 0 Å². The van der Waals surface area contributed by atoms with E-state index in [-0.39, 0.29) is 40.2 Å². The fraction of sp³-hybridized carbons (Fsp3) is 0.462. The van der Waals surface area contributed by atoms with Crippen LogP contribution in [0.5, 0.6) is 5.88 Å². The monoisotopic (exact) mass is 724 g/mol. The van der Waals surface area contributed by atoms with Crippen molar-refractivity contribution in [1.29, 1.82) is 0 Å². The summed E-state index contributed by atoms with van der Waals surface area (Å²) in [5, 5.41) is 0. The van der Waals surface area contributed by atoms with E-state index < -0.39 is 22.2 Å². The fourth-order valence-electron chi connectivity index (χ4n) is 7.21. The maximum atomic E-state index is 14.7. The lowest BCUT2D eigenvalue weighted by molar-refractivity contribution is 0.0515. The van der Waals surface area contributed by atoms with Crippen LogP contribution in [0.1, 0.15) is 73.6 Å². The molecule has 13 heteroatoms. The first kappa shape index (κ1) is 35.8. The predicted octanol–water partition coefficient (Wildman–Crippen LogP) is 5.86. The largest absolute Gasteiger partial charge is 0.471 e. The van der Waals surface area contributed by atoms with E-state index in [0.29, 0.717) is 30.5 Å². The number of carbonyl (C=O) groups excluding carboxylic acids is 1. The molecule has 4 aromatic rings. The normalized spacial score (nSPS) is 20.4. The van der Waals surface area contributed by atoms with E-state index in [2.05, 4.69) is 50.2 Å². The lowest BCUT2D eigenvalue weighted by Crippen LogP contribution is -2.48. The van der Waals surface area contributed by atoms with Crippen molar-refractivity contribution < 1.29 is 17.9 Å². The smallest absolute Gasteiger partial charge is 0.264 e. The second-order valence-electron chi connectivity index (χ2n) is 15.6. The van der Waals surface area contributed by atoms with Crippen LogP contribution in [-0.4, -0.2) is 88.9 Å². The van der Waals surface area contributed by atoms with Crippen molar-refractivity contribution >= 4 is 27.7 Å². The minimum absolute atomic E-state index is 0.0696. The molecule has 1 saturated heterocycles. The molecule has 1 saturated carbocycles. The van der Waals surface area contributed by atoms with Crippen LogP contribution in [0.15, 0.2) is 65.8 Å². The molecule has 3 aliphatic rings. The summed E-state index contributed by atoms with van der Waals surface area (Å²) >= 11 is 0. The van der Waals surface area contributed by atoms with Gasteiger partial charge in [-0.2, -0.15) is 4.98 Å². The first-order valence-electron chi connectivity index (χ1n) is 18.1. The molecule has 2 fully saturated rings. The summed E-state index contributed by atoms with van der Waals surface area (Å²) in [5.41, 5.74) is 4.38. The fourth-order valence-corrected chi connectivity index (χ4v) is 8.20. The molecule has 7 rings (SSSR count). The lowest BCUT2D eigenvalue weighted by Gasteiger charge is -2.36.